The van der Waals surface area contributed by atoms with Crippen LogP contribution >= 0.6 is 0 Å². The summed E-state index contributed by atoms with van der Waals surface area (Å²) in [6, 6.07) is 0. The molecule has 1 unspecified atom stereocenters. The van der Waals surface area contributed by atoms with E-state index >= 15 is 0 Å². The van der Waals surface area contributed by atoms with Gasteiger partial charge in [-0.1, -0.05) is 46.0 Å². The number of unbranched alkanes of at least 4 members (excludes halogenated alkanes) is 5. The lowest BCUT2D eigenvalue weighted by molar-refractivity contribution is 0.0355. The third-order valence-corrected chi connectivity index (χ3v) is 2.76. The molecule has 0 saturated heterocycles. The first kappa shape index (κ1) is 16.9. The summed E-state index contributed by atoms with van der Waals surface area (Å²) in [4.78, 5) is 0. The van der Waals surface area contributed by atoms with E-state index in [0.29, 0.717) is 13.2 Å². The average molecular weight is 245 g/mol. The molecule has 0 fully saturated rings. The van der Waals surface area contributed by atoms with Gasteiger partial charge in [0.2, 0.25) is 0 Å². The second-order valence-electron chi connectivity index (χ2n) is 4.70. The molecule has 0 amide bonds. The first-order chi connectivity index (χ1) is 8.31. The highest BCUT2D eigenvalue weighted by molar-refractivity contribution is 4.57. The summed E-state index contributed by atoms with van der Waals surface area (Å²) in [5, 5.41) is 12.7. The topological polar surface area (TPSA) is 41.5 Å². The van der Waals surface area contributed by atoms with Gasteiger partial charge in [0.1, 0.15) is 0 Å². The van der Waals surface area contributed by atoms with Crippen LogP contribution in [0.1, 0.15) is 58.8 Å². The molecule has 0 rings (SSSR count). The molecule has 0 radical (unpaired) electrons. The predicted molar refractivity (Wildman–Crippen MR) is 73.4 cm³/mol. The summed E-state index contributed by atoms with van der Waals surface area (Å²) < 4.78 is 5.44. The zero-order valence-electron chi connectivity index (χ0n) is 11.7. The van der Waals surface area contributed by atoms with E-state index < -0.39 is 0 Å². The van der Waals surface area contributed by atoms with Gasteiger partial charge in [0.15, 0.2) is 0 Å². The van der Waals surface area contributed by atoms with Crippen LogP contribution < -0.4 is 5.32 Å². The fraction of sp³-hybridized carbons (Fsp3) is 1.00. The summed E-state index contributed by atoms with van der Waals surface area (Å²) in [6.07, 6.45) is 8.43. The first-order valence-corrected chi connectivity index (χ1v) is 7.27. The maximum atomic E-state index is 9.56. The molecular weight excluding hydrogens is 214 g/mol. The summed E-state index contributed by atoms with van der Waals surface area (Å²) in [6.45, 7) is 7.22. The normalized spacial score (nSPS) is 12.9. The molecule has 0 spiro atoms. The smallest absolute Gasteiger partial charge is 0.0897 e. The number of rotatable bonds is 13. The Bertz CT molecular complexity index is 142. The molecule has 104 valence electrons. The summed E-state index contributed by atoms with van der Waals surface area (Å²) in [5.74, 6) is 0. The molecule has 0 aliphatic rings. The van der Waals surface area contributed by atoms with Gasteiger partial charge in [-0.15, -0.1) is 0 Å². The fourth-order valence-corrected chi connectivity index (χ4v) is 1.71. The van der Waals surface area contributed by atoms with Crippen molar-refractivity contribution in [1.29, 1.82) is 0 Å². The zero-order valence-corrected chi connectivity index (χ0v) is 11.7. The number of aliphatic hydroxyl groups is 1. The highest BCUT2D eigenvalue weighted by Gasteiger charge is 2.02. The quantitative estimate of drug-likeness (QED) is 0.490. The van der Waals surface area contributed by atoms with Crippen LogP contribution in [0.5, 0.6) is 0 Å². The van der Waals surface area contributed by atoms with Crippen LogP contribution in [0.4, 0.5) is 0 Å². The Kier molecular flexibility index (Phi) is 13.8. The van der Waals surface area contributed by atoms with Gasteiger partial charge >= 0.3 is 0 Å². The van der Waals surface area contributed by atoms with Gasteiger partial charge in [0.25, 0.3) is 0 Å². The lowest BCUT2D eigenvalue weighted by atomic mass is 10.1. The van der Waals surface area contributed by atoms with Gasteiger partial charge in [-0.25, -0.2) is 0 Å². The molecular formula is C14H31NO2. The molecule has 3 heteroatoms. The molecule has 0 aromatic rings. The molecule has 0 bridgehead atoms. The molecule has 1 atom stereocenters. The average Bonchev–Trinajstić information content (AvgIpc) is 2.33. The standard InChI is InChI=1S/C14H31NO2/c1-3-5-6-7-8-9-11-17-13-14(16)12-15-10-4-2/h14-16H,3-13H2,1-2H3. The Balaban J connectivity index is 3.05. The van der Waals surface area contributed by atoms with Gasteiger partial charge in [-0.05, 0) is 19.4 Å². The minimum absolute atomic E-state index is 0.360. The first-order valence-electron chi connectivity index (χ1n) is 7.27. The van der Waals surface area contributed by atoms with E-state index in [0.717, 1.165) is 26.0 Å². The number of nitrogens with one attached hydrogen (secondary N) is 1. The summed E-state index contributed by atoms with van der Waals surface area (Å²) in [5.41, 5.74) is 0. The van der Waals surface area contributed by atoms with Crippen LogP contribution in [-0.2, 0) is 4.74 Å². The van der Waals surface area contributed by atoms with Crippen molar-refractivity contribution in [1.82, 2.24) is 5.32 Å². The van der Waals surface area contributed by atoms with Gasteiger partial charge < -0.3 is 15.2 Å². The molecule has 0 saturated carbocycles. The zero-order chi connectivity index (χ0) is 12.8. The SMILES string of the molecule is CCCCCCCCOCC(O)CNCCC. The van der Waals surface area contributed by atoms with Crippen LogP contribution in [0.3, 0.4) is 0 Å². The van der Waals surface area contributed by atoms with Crippen LogP contribution in [0.15, 0.2) is 0 Å². The number of hydrogen-bond acceptors (Lipinski definition) is 3. The Labute approximate surface area is 107 Å². The number of ether oxygens (including phenoxy) is 1. The van der Waals surface area contributed by atoms with E-state index in [9.17, 15) is 5.11 Å². The van der Waals surface area contributed by atoms with Crippen molar-refractivity contribution in [3.63, 3.8) is 0 Å². The summed E-state index contributed by atoms with van der Waals surface area (Å²) >= 11 is 0. The maximum absolute atomic E-state index is 9.56. The van der Waals surface area contributed by atoms with E-state index in [-0.39, 0.29) is 6.10 Å². The second-order valence-corrected chi connectivity index (χ2v) is 4.70. The Morgan fingerprint density at radius 2 is 1.71 bits per heavy atom. The Morgan fingerprint density at radius 1 is 1.00 bits per heavy atom. The molecule has 0 aliphatic carbocycles. The van der Waals surface area contributed by atoms with Gasteiger partial charge in [-0.2, -0.15) is 0 Å². The molecule has 17 heavy (non-hydrogen) atoms. The molecule has 2 N–H and O–H groups in total. The number of hydrogen-bond donors (Lipinski definition) is 2. The van der Waals surface area contributed by atoms with E-state index in [2.05, 4.69) is 19.2 Å². The van der Waals surface area contributed by atoms with Crippen molar-refractivity contribution in [2.24, 2.45) is 0 Å². The van der Waals surface area contributed by atoms with Crippen molar-refractivity contribution in [2.45, 2.75) is 64.9 Å². The Hall–Kier alpha value is -0.120. The second kappa shape index (κ2) is 13.9. The molecule has 0 aliphatic heterocycles. The summed E-state index contributed by atoms with van der Waals surface area (Å²) in [7, 11) is 0. The van der Waals surface area contributed by atoms with Crippen molar-refractivity contribution in [2.75, 3.05) is 26.3 Å². The van der Waals surface area contributed by atoms with Gasteiger partial charge in [0.05, 0.1) is 12.7 Å². The molecule has 0 aromatic carbocycles. The van der Waals surface area contributed by atoms with Crippen molar-refractivity contribution < 1.29 is 9.84 Å². The minimum Gasteiger partial charge on any atom is -0.389 e. The third-order valence-electron chi connectivity index (χ3n) is 2.76. The molecule has 0 heterocycles. The minimum atomic E-state index is -0.360. The lowest BCUT2D eigenvalue weighted by Gasteiger charge is -2.11. The van der Waals surface area contributed by atoms with Crippen LogP contribution in [0, 0.1) is 0 Å². The van der Waals surface area contributed by atoms with E-state index in [1.165, 1.54) is 32.1 Å². The van der Waals surface area contributed by atoms with E-state index in [1.807, 2.05) is 0 Å². The van der Waals surface area contributed by atoms with Crippen molar-refractivity contribution in [3.05, 3.63) is 0 Å². The van der Waals surface area contributed by atoms with Crippen LogP contribution in [-0.4, -0.2) is 37.5 Å². The molecule has 3 nitrogen and oxygen atoms in total. The van der Waals surface area contributed by atoms with Crippen molar-refractivity contribution >= 4 is 0 Å². The van der Waals surface area contributed by atoms with Gasteiger partial charge in [0, 0.05) is 13.2 Å². The Morgan fingerprint density at radius 3 is 2.41 bits per heavy atom. The largest absolute Gasteiger partial charge is 0.389 e. The number of aliphatic hydroxyl groups excluding tert-OH is 1. The molecule has 0 aromatic heterocycles. The van der Waals surface area contributed by atoms with Crippen LogP contribution in [0.2, 0.25) is 0 Å². The van der Waals surface area contributed by atoms with Crippen molar-refractivity contribution in [3.8, 4) is 0 Å². The third kappa shape index (κ3) is 13.8. The highest BCUT2D eigenvalue weighted by atomic mass is 16.5. The maximum Gasteiger partial charge on any atom is 0.0897 e. The monoisotopic (exact) mass is 245 g/mol. The van der Waals surface area contributed by atoms with E-state index in [4.69, 9.17) is 4.74 Å². The van der Waals surface area contributed by atoms with E-state index in [1.54, 1.807) is 0 Å². The van der Waals surface area contributed by atoms with Crippen LogP contribution in [0.25, 0.3) is 0 Å². The highest BCUT2D eigenvalue weighted by Crippen LogP contribution is 2.04. The fourth-order valence-electron chi connectivity index (χ4n) is 1.71. The van der Waals surface area contributed by atoms with Gasteiger partial charge in [-0.3, -0.25) is 0 Å². The lowest BCUT2D eigenvalue weighted by Crippen LogP contribution is -2.30. The predicted octanol–water partition coefficient (Wildman–Crippen LogP) is 2.72.